The Bertz CT molecular complexity index is 1510. The maximum absolute atomic E-state index is 13.3. The number of carbonyl (C=O) groups excluding carboxylic acids is 2. The van der Waals surface area contributed by atoms with Gasteiger partial charge in [0.2, 0.25) is 5.91 Å². The van der Waals surface area contributed by atoms with Crippen LogP contribution in [-0.2, 0) is 17.5 Å². The summed E-state index contributed by atoms with van der Waals surface area (Å²) in [6.07, 6.45) is -2.64. The van der Waals surface area contributed by atoms with Gasteiger partial charge in [0, 0.05) is 15.7 Å². The summed E-state index contributed by atoms with van der Waals surface area (Å²) < 4.78 is 48.1. The van der Waals surface area contributed by atoms with E-state index in [1.54, 1.807) is 41.0 Å². The molecule has 42 heavy (non-hydrogen) atoms. The maximum Gasteiger partial charge on any atom is 0.418 e. The molecule has 0 bridgehead atoms. The van der Waals surface area contributed by atoms with Gasteiger partial charge in [-0.05, 0) is 67.1 Å². The molecular weight excluding hydrogens is 635 g/mol. The Morgan fingerprint density at radius 2 is 1.71 bits per heavy atom. The number of ether oxygens (including phenoxy) is 1. The molecule has 13 heteroatoms. The van der Waals surface area contributed by atoms with Crippen LogP contribution >= 0.6 is 27.7 Å². The van der Waals surface area contributed by atoms with E-state index in [1.807, 2.05) is 12.1 Å². The van der Waals surface area contributed by atoms with Crippen LogP contribution in [0.4, 0.5) is 18.9 Å². The van der Waals surface area contributed by atoms with Gasteiger partial charge in [-0.1, -0.05) is 53.2 Å². The summed E-state index contributed by atoms with van der Waals surface area (Å²) in [5, 5.41) is 13.9. The molecular formula is C29H27BrF3N5O3S. The average molecular weight is 663 g/mol. The summed E-state index contributed by atoms with van der Waals surface area (Å²) in [4.78, 5) is 25.4. The van der Waals surface area contributed by atoms with Crippen molar-refractivity contribution in [2.45, 2.75) is 37.6 Å². The third-order valence-corrected chi connectivity index (χ3v) is 7.37. The molecule has 8 nitrogen and oxygen atoms in total. The van der Waals surface area contributed by atoms with Crippen LogP contribution in [0, 0.1) is 0 Å². The van der Waals surface area contributed by atoms with Crippen molar-refractivity contribution < 1.29 is 27.5 Å². The lowest BCUT2D eigenvalue weighted by Gasteiger charge is -2.14. The van der Waals surface area contributed by atoms with Gasteiger partial charge in [0.15, 0.2) is 11.0 Å². The number of hydrogen-bond acceptors (Lipinski definition) is 6. The summed E-state index contributed by atoms with van der Waals surface area (Å²) in [5.41, 5.74) is -0.142. The molecule has 0 atom stereocenters. The Balaban J connectivity index is 1.46. The van der Waals surface area contributed by atoms with E-state index in [9.17, 15) is 22.8 Å². The smallest absolute Gasteiger partial charge is 0.418 e. The molecule has 0 aliphatic rings. The predicted molar refractivity (Wildman–Crippen MR) is 158 cm³/mol. The van der Waals surface area contributed by atoms with Crippen LogP contribution < -0.4 is 15.4 Å². The molecule has 1 heterocycles. The van der Waals surface area contributed by atoms with Gasteiger partial charge < -0.3 is 15.4 Å². The van der Waals surface area contributed by atoms with Crippen LogP contribution in [0.5, 0.6) is 5.75 Å². The summed E-state index contributed by atoms with van der Waals surface area (Å²) >= 11 is 4.41. The zero-order valence-corrected chi connectivity index (χ0v) is 24.9. The zero-order chi connectivity index (χ0) is 30.1. The van der Waals surface area contributed by atoms with E-state index in [1.165, 1.54) is 18.2 Å². The molecule has 0 fully saturated rings. The van der Waals surface area contributed by atoms with Crippen molar-refractivity contribution in [1.29, 1.82) is 0 Å². The van der Waals surface area contributed by atoms with Crippen molar-refractivity contribution >= 4 is 45.2 Å². The zero-order valence-electron chi connectivity index (χ0n) is 22.5. The molecule has 2 N–H and O–H groups in total. The fourth-order valence-corrected chi connectivity index (χ4v) is 4.85. The molecule has 0 saturated carbocycles. The van der Waals surface area contributed by atoms with Crippen molar-refractivity contribution in [3.05, 3.63) is 94.2 Å². The molecule has 3 aromatic carbocycles. The molecule has 0 aliphatic carbocycles. The van der Waals surface area contributed by atoms with Crippen LogP contribution in [0.15, 0.2) is 82.4 Å². The van der Waals surface area contributed by atoms with Crippen LogP contribution in [0.25, 0.3) is 5.69 Å². The number of alkyl halides is 3. The van der Waals surface area contributed by atoms with E-state index in [-0.39, 0.29) is 23.9 Å². The van der Waals surface area contributed by atoms with Gasteiger partial charge in [-0.15, -0.1) is 10.2 Å². The minimum atomic E-state index is -4.61. The summed E-state index contributed by atoms with van der Waals surface area (Å²) in [6.45, 7) is 2.72. The van der Waals surface area contributed by atoms with E-state index >= 15 is 0 Å². The second kappa shape index (κ2) is 14.4. The highest BCUT2D eigenvalue weighted by Gasteiger charge is 2.33. The van der Waals surface area contributed by atoms with Crippen molar-refractivity contribution in [3.8, 4) is 11.4 Å². The highest BCUT2D eigenvalue weighted by atomic mass is 79.9. The van der Waals surface area contributed by atoms with E-state index in [4.69, 9.17) is 4.74 Å². The Morgan fingerprint density at radius 1 is 1.00 bits per heavy atom. The molecule has 0 unspecified atom stereocenters. The molecule has 0 saturated heterocycles. The molecule has 1 aromatic heterocycles. The number of halogens is 4. The molecule has 0 aliphatic heterocycles. The van der Waals surface area contributed by atoms with E-state index in [0.717, 1.165) is 35.1 Å². The average Bonchev–Trinajstić information content (AvgIpc) is 3.38. The number of nitrogens with one attached hydrogen (secondary N) is 2. The van der Waals surface area contributed by atoms with Crippen molar-refractivity contribution in [3.63, 3.8) is 0 Å². The highest BCUT2D eigenvalue weighted by molar-refractivity contribution is 9.10. The first kappa shape index (κ1) is 31.1. The first-order valence-electron chi connectivity index (χ1n) is 13.0. The number of para-hydroxylation sites is 1. The maximum atomic E-state index is 13.3. The van der Waals surface area contributed by atoms with Gasteiger partial charge >= 0.3 is 6.18 Å². The predicted octanol–water partition coefficient (Wildman–Crippen LogP) is 6.89. The quantitative estimate of drug-likeness (QED) is 0.127. The first-order valence-corrected chi connectivity index (χ1v) is 14.7. The lowest BCUT2D eigenvalue weighted by atomic mass is 10.1. The Kier molecular flexibility index (Phi) is 10.6. The number of unbranched alkanes of at least 4 members (excludes halogenated alkanes) is 1. The number of amides is 2. The van der Waals surface area contributed by atoms with Crippen molar-refractivity contribution in [2.24, 2.45) is 0 Å². The summed E-state index contributed by atoms with van der Waals surface area (Å²) in [7, 11) is 0. The van der Waals surface area contributed by atoms with Gasteiger partial charge in [-0.3, -0.25) is 14.2 Å². The number of hydrogen-bond donors (Lipinski definition) is 2. The molecule has 220 valence electrons. The van der Waals surface area contributed by atoms with E-state index in [2.05, 4.69) is 43.7 Å². The number of nitrogens with zero attached hydrogens (tertiary/aromatic N) is 3. The third kappa shape index (κ3) is 8.35. The molecule has 0 radical (unpaired) electrons. The fourth-order valence-electron chi connectivity index (χ4n) is 3.81. The second-order valence-corrected chi connectivity index (χ2v) is 10.9. The number of carbonyl (C=O) groups is 2. The molecule has 4 aromatic rings. The van der Waals surface area contributed by atoms with Crippen LogP contribution in [-0.4, -0.2) is 38.9 Å². The van der Waals surface area contributed by atoms with Crippen LogP contribution in [0.2, 0.25) is 0 Å². The van der Waals surface area contributed by atoms with Crippen molar-refractivity contribution in [1.82, 2.24) is 20.1 Å². The normalized spacial score (nSPS) is 11.3. The Morgan fingerprint density at radius 3 is 2.40 bits per heavy atom. The first-order chi connectivity index (χ1) is 20.2. The standard InChI is InChI=1S/C29H27BrF3N5O3S/c1-2-3-16-41-22-14-8-19(9-15-22)27(40)34-17-25-36-37-28(38(25)21-12-10-20(30)11-13-21)42-18-26(39)35-24-7-5-4-6-23(24)29(31,32)33/h4-15H,2-3,16-18H2,1H3,(H,34,40)(H,35,39). The lowest BCUT2D eigenvalue weighted by Crippen LogP contribution is -2.24. The Labute approximate surface area is 253 Å². The van der Waals surface area contributed by atoms with Gasteiger partial charge in [-0.25, -0.2) is 0 Å². The topological polar surface area (TPSA) is 98.1 Å². The molecule has 2 amide bonds. The summed E-state index contributed by atoms with van der Waals surface area (Å²) in [5.74, 6) is -0.102. The van der Waals surface area contributed by atoms with Crippen LogP contribution in [0.1, 0.15) is 41.5 Å². The van der Waals surface area contributed by atoms with Gasteiger partial charge in [0.1, 0.15) is 5.75 Å². The number of thioether (sulfide) groups is 1. The van der Waals surface area contributed by atoms with Crippen LogP contribution in [0.3, 0.4) is 0 Å². The lowest BCUT2D eigenvalue weighted by molar-refractivity contribution is -0.137. The second-order valence-electron chi connectivity index (χ2n) is 9.00. The molecule has 0 spiro atoms. The third-order valence-electron chi connectivity index (χ3n) is 5.91. The SMILES string of the molecule is CCCCOc1ccc(C(=O)NCc2nnc(SCC(=O)Nc3ccccc3C(F)(F)F)n2-c2ccc(Br)cc2)cc1. The van der Waals surface area contributed by atoms with E-state index in [0.29, 0.717) is 34.6 Å². The highest BCUT2D eigenvalue weighted by Crippen LogP contribution is 2.34. The van der Waals surface area contributed by atoms with Crippen molar-refractivity contribution in [2.75, 3.05) is 17.7 Å². The van der Waals surface area contributed by atoms with E-state index < -0.39 is 17.6 Å². The minimum absolute atomic E-state index is 0.0301. The Hall–Kier alpha value is -3.84. The number of rotatable bonds is 12. The summed E-state index contributed by atoms with van der Waals surface area (Å²) in [6, 6.07) is 18.8. The van der Waals surface area contributed by atoms with Gasteiger partial charge in [-0.2, -0.15) is 13.2 Å². The number of aromatic nitrogens is 3. The van der Waals surface area contributed by atoms with Gasteiger partial charge in [0.05, 0.1) is 30.2 Å². The fraction of sp³-hybridized carbons (Fsp3) is 0.241. The molecule has 4 rings (SSSR count). The minimum Gasteiger partial charge on any atom is -0.494 e. The largest absolute Gasteiger partial charge is 0.494 e. The number of anilines is 1. The number of benzene rings is 3. The van der Waals surface area contributed by atoms with Gasteiger partial charge in [0.25, 0.3) is 5.91 Å². The monoisotopic (exact) mass is 661 g/mol.